The lowest BCUT2D eigenvalue weighted by Gasteiger charge is -2.27. The molecule has 0 radical (unpaired) electrons. The summed E-state index contributed by atoms with van der Waals surface area (Å²) in [4.78, 5) is 2.32. The minimum atomic E-state index is 0.556. The van der Waals surface area contributed by atoms with Gasteiger partial charge in [0.1, 0.15) is 0 Å². The molecule has 2 heteroatoms. The Labute approximate surface area is 119 Å². The highest BCUT2D eigenvalue weighted by molar-refractivity contribution is 5.47. The van der Waals surface area contributed by atoms with Crippen LogP contribution in [0, 0.1) is 17.8 Å². The molecule has 1 atom stereocenters. The largest absolute Gasteiger partial charge is 0.374 e. The number of nitrogens with zero attached hydrogens (tertiary/aromatic N) is 1. The molecule has 1 aromatic rings. The second-order valence-electron chi connectivity index (χ2n) is 6.38. The van der Waals surface area contributed by atoms with Crippen LogP contribution in [0.3, 0.4) is 0 Å². The van der Waals surface area contributed by atoms with Crippen LogP contribution >= 0.6 is 0 Å². The summed E-state index contributed by atoms with van der Waals surface area (Å²) < 4.78 is 0. The van der Waals surface area contributed by atoms with Gasteiger partial charge in [-0.3, -0.25) is 0 Å². The van der Waals surface area contributed by atoms with Crippen LogP contribution in [0.5, 0.6) is 0 Å². The fourth-order valence-corrected chi connectivity index (χ4v) is 2.37. The van der Waals surface area contributed by atoms with E-state index in [0.717, 1.165) is 19.5 Å². The zero-order valence-electron chi connectivity index (χ0n) is 13.2. The number of hydrogen-bond acceptors (Lipinski definition) is 2. The molecule has 2 N–H and O–H groups in total. The molecule has 0 saturated carbocycles. The van der Waals surface area contributed by atoms with Gasteiger partial charge in [0.2, 0.25) is 0 Å². The first-order valence-corrected chi connectivity index (χ1v) is 7.44. The molecule has 19 heavy (non-hydrogen) atoms. The van der Waals surface area contributed by atoms with E-state index >= 15 is 0 Å². The highest BCUT2D eigenvalue weighted by atomic mass is 15.1. The molecule has 0 saturated heterocycles. The molecule has 0 spiro atoms. The highest BCUT2D eigenvalue weighted by Gasteiger charge is 2.14. The van der Waals surface area contributed by atoms with E-state index in [9.17, 15) is 0 Å². The van der Waals surface area contributed by atoms with E-state index in [1.54, 1.807) is 0 Å². The molecule has 0 bridgehead atoms. The van der Waals surface area contributed by atoms with Gasteiger partial charge < -0.3 is 10.6 Å². The first-order valence-electron chi connectivity index (χ1n) is 7.44. The van der Waals surface area contributed by atoms with E-state index < -0.39 is 0 Å². The summed E-state index contributed by atoms with van der Waals surface area (Å²) in [6, 6.07) is 8.95. The molecule has 2 nitrogen and oxygen atoms in total. The summed E-state index contributed by atoms with van der Waals surface area (Å²) >= 11 is 0. The van der Waals surface area contributed by atoms with Gasteiger partial charge in [-0.2, -0.15) is 0 Å². The van der Waals surface area contributed by atoms with Crippen LogP contribution < -0.4 is 10.6 Å². The molecule has 0 amide bonds. The summed E-state index contributed by atoms with van der Waals surface area (Å²) in [6.45, 7) is 10.8. The van der Waals surface area contributed by atoms with E-state index in [0.29, 0.717) is 17.8 Å². The second-order valence-corrected chi connectivity index (χ2v) is 6.38. The third kappa shape index (κ3) is 5.23. The van der Waals surface area contributed by atoms with Crippen molar-refractivity contribution in [1.82, 2.24) is 0 Å². The van der Waals surface area contributed by atoms with Gasteiger partial charge in [-0.05, 0) is 48.4 Å². The summed E-state index contributed by atoms with van der Waals surface area (Å²) in [5.74, 6) is 1.90. The Morgan fingerprint density at radius 1 is 1.05 bits per heavy atom. The van der Waals surface area contributed by atoms with Crippen LogP contribution in [-0.4, -0.2) is 20.1 Å². The topological polar surface area (TPSA) is 29.3 Å². The average molecular weight is 262 g/mol. The summed E-state index contributed by atoms with van der Waals surface area (Å²) in [5.41, 5.74) is 8.56. The van der Waals surface area contributed by atoms with Crippen molar-refractivity contribution in [1.29, 1.82) is 0 Å². The normalized spacial score (nSPS) is 13.1. The van der Waals surface area contributed by atoms with Crippen LogP contribution in [0.15, 0.2) is 24.3 Å². The smallest absolute Gasteiger partial charge is 0.0363 e. The predicted octanol–water partition coefficient (Wildman–Crippen LogP) is 3.55. The van der Waals surface area contributed by atoms with Gasteiger partial charge >= 0.3 is 0 Å². The van der Waals surface area contributed by atoms with Crippen LogP contribution in [0.2, 0.25) is 0 Å². The number of benzene rings is 1. The van der Waals surface area contributed by atoms with Crippen molar-refractivity contribution in [3.63, 3.8) is 0 Å². The van der Waals surface area contributed by atoms with Crippen LogP contribution in [-0.2, 0) is 6.42 Å². The van der Waals surface area contributed by atoms with E-state index in [4.69, 9.17) is 5.73 Å². The van der Waals surface area contributed by atoms with Crippen LogP contribution in [0.25, 0.3) is 0 Å². The SMILES string of the molecule is CC(C)Cc1ccc(N(C)CC(CN)C(C)C)cc1. The van der Waals surface area contributed by atoms with E-state index in [1.807, 2.05) is 0 Å². The zero-order valence-corrected chi connectivity index (χ0v) is 13.2. The molecule has 0 fully saturated rings. The van der Waals surface area contributed by atoms with E-state index in [2.05, 4.69) is 63.9 Å². The molecule has 1 aromatic carbocycles. The molecule has 1 unspecified atom stereocenters. The second kappa shape index (κ2) is 7.54. The number of nitrogens with two attached hydrogens (primary N) is 1. The lowest BCUT2D eigenvalue weighted by molar-refractivity contribution is 0.398. The van der Waals surface area contributed by atoms with Crippen molar-refractivity contribution in [2.75, 3.05) is 25.0 Å². The van der Waals surface area contributed by atoms with Gasteiger partial charge in [0, 0.05) is 19.3 Å². The Morgan fingerprint density at radius 3 is 2.05 bits per heavy atom. The zero-order chi connectivity index (χ0) is 14.4. The lowest BCUT2D eigenvalue weighted by Crippen LogP contribution is -2.33. The summed E-state index contributed by atoms with van der Waals surface area (Å²) in [7, 11) is 2.16. The van der Waals surface area contributed by atoms with Gasteiger partial charge in [0.15, 0.2) is 0 Å². The van der Waals surface area contributed by atoms with Gasteiger partial charge in [-0.1, -0.05) is 39.8 Å². The molecular weight excluding hydrogens is 232 g/mol. The quantitative estimate of drug-likeness (QED) is 0.814. The Balaban J connectivity index is 2.64. The van der Waals surface area contributed by atoms with Gasteiger partial charge in [-0.15, -0.1) is 0 Å². The highest BCUT2D eigenvalue weighted by Crippen LogP contribution is 2.19. The molecule has 0 aromatic heterocycles. The van der Waals surface area contributed by atoms with Gasteiger partial charge in [0.05, 0.1) is 0 Å². The van der Waals surface area contributed by atoms with Crippen molar-refractivity contribution in [3.8, 4) is 0 Å². The maximum absolute atomic E-state index is 5.85. The molecule has 108 valence electrons. The van der Waals surface area contributed by atoms with Crippen molar-refractivity contribution in [3.05, 3.63) is 29.8 Å². The number of rotatable bonds is 7. The minimum Gasteiger partial charge on any atom is -0.374 e. The maximum atomic E-state index is 5.85. The molecule has 0 aliphatic heterocycles. The molecule has 0 aliphatic carbocycles. The lowest BCUT2D eigenvalue weighted by atomic mass is 9.95. The van der Waals surface area contributed by atoms with Crippen LogP contribution in [0.4, 0.5) is 5.69 Å². The predicted molar refractivity (Wildman–Crippen MR) is 85.6 cm³/mol. The molecule has 1 rings (SSSR count). The van der Waals surface area contributed by atoms with Crippen molar-refractivity contribution in [2.45, 2.75) is 34.1 Å². The Hall–Kier alpha value is -1.02. The minimum absolute atomic E-state index is 0.556. The number of anilines is 1. The Morgan fingerprint density at radius 2 is 1.63 bits per heavy atom. The first kappa shape index (κ1) is 16.0. The third-order valence-electron chi connectivity index (χ3n) is 3.77. The van der Waals surface area contributed by atoms with Crippen molar-refractivity contribution in [2.24, 2.45) is 23.5 Å². The summed E-state index contributed by atoms with van der Waals surface area (Å²) in [5, 5.41) is 0. The summed E-state index contributed by atoms with van der Waals surface area (Å²) in [6.07, 6.45) is 1.15. The molecular formula is C17H30N2. The standard InChI is InChI=1S/C17H30N2/c1-13(2)10-15-6-8-17(9-7-15)19(5)12-16(11-18)14(3)4/h6-9,13-14,16H,10-12,18H2,1-5H3. The molecule has 0 aliphatic rings. The van der Waals surface area contributed by atoms with E-state index in [1.165, 1.54) is 11.3 Å². The number of hydrogen-bond donors (Lipinski definition) is 1. The fourth-order valence-electron chi connectivity index (χ4n) is 2.37. The first-order chi connectivity index (χ1) is 8.93. The Kier molecular flexibility index (Phi) is 6.36. The van der Waals surface area contributed by atoms with E-state index in [-0.39, 0.29) is 0 Å². The van der Waals surface area contributed by atoms with Gasteiger partial charge in [-0.25, -0.2) is 0 Å². The van der Waals surface area contributed by atoms with Crippen LogP contribution in [0.1, 0.15) is 33.3 Å². The average Bonchev–Trinajstić information content (AvgIpc) is 2.35. The maximum Gasteiger partial charge on any atom is 0.0363 e. The van der Waals surface area contributed by atoms with Crippen molar-refractivity contribution >= 4 is 5.69 Å². The Bertz CT molecular complexity index is 354. The van der Waals surface area contributed by atoms with Gasteiger partial charge in [0.25, 0.3) is 0 Å². The third-order valence-corrected chi connectivity index (χ3v) is 3.77. The molecule has 0 heterocycles. The fraction of sp³-hybridized carbons (Fsp3) is 0.647. The van der Waals surface area contributed by atoms with Crippen molar-refractivity contribution < 1.29 is 0 Å². The monoisotopic (exact) mass is 262 g/mol.